The van der Waals surface area contributed by atoms with Crippen LogP contribution in [0.4, 0.5) is 5.69 Å². The molecule has 1 fully saturated rings. The SMILES string of the molecule is OC(CCl)CNc1ccc(CCN2CCCC2)cc1. The number of benzene rings is 1. The number of likely N-dealkylation sites (tertiary alicyclic amines) is 1. The summed E-state index contributed by atoms with van der Waals surface area (Å²) in [5, 5.41) is 12.6. The predicted molar refractivity (Wildman–Crippen MR) is 81.0 cm³/mol. The van der Waals surface area contributed by atoms with Crippen molar-refractivity contribution in [3.63, 3.8) is 0 Å². The summed E-state index contributed by atoms with van der Waals surface area (Å²) in [7, 11) is 0. The van der Waals surface area contributed by atoms with E-state index in [1.54, 1.807) is 0 Å². The Morgan fingerprint density at radius 3 is 2.53 bits per heavy atom. The smallest absolute Gasteiger partial charge is 0.0847 e. The quantitative estimate of drug-likeness (QED) is 0.754. The summed E-state index contributed by atoms with van der Waals surface area (Å²) in [4.78, 5) is 2.53. The van der Waals surface area contributed by atoms with Gasteiger partial charge in [0.05, 0.1) is 12.0 Å². The van der Waals surface area contributed by atoms with Crippen molar-refractivity contribution in [1.29, 1.82) is 0 Å². The minimum absolute atomic E-state index is 0.265. The Balaban J connectivity index is 1.74. The van der Waals surface area contributed by atoms with Gasteiger partial charge in [0.2, 0.25) is 0 Å². The fourth-order valence-corrected chi connectivity index (χ4v) is 2.48. The molecule has 1 heterocycles. The van der Waals surface area contributed by atoms with E-state index in [0.29, 0.717) is 6.54 Å². The topological polar surface area (TPSA) is 35.5 Å². The van der Waals surface area contributed by atoms with Crippen molar-refractivity contribution in [3.05, 3.63) is 29.8 Å². The van der Waals surface area contributed by atoms with Crippen LogP contribution >= 0.6 is 11.6 Å². The maximum absolute atomic E-state index is 9.38. The molecule has 19 heavy (non-hydrogen) atoms. The molecule has 0 spiro atoms. The van der Waals surface area contributed by atoms with Gasteiger partial charge < -0.3 is 15.3 Å². The number of nitrogens with one attached hydrogen (secondary N) is 1. The van der Waals surface area contributed by atoms with E-state index in [9.17, 15) is 5.11 Å². The van der Waals surface area contributed by atoms with Crippen LogP contribution in [0, 0.1) is 0 Å². The first-order chi connectivity index (χ1) is 9.28. The molecule has 0 saturated carbocycles. The van der Waals surface area contributed by atoms with Crippen LogP contribution in [-0.4, -0.2) is 48.2 Å². The van der Waals surface area contributed by atoms with Crippen LogP contribution in [0.3, 0.4) is 0 Å². The van der Waals surface area contributed by atoms with Gasteiger partial charge in [0.25, 0.3) is 0 Å². The average molecular weight is 283 g/mol. The van der Waals surface area contributed by atoms with Crippen molar-refractivity contribution in [3.8, 4) is 0 Å². The molecular weight excluding hydrogens is 260 g/mol. The summed E-state index contributed by atoms with van der Waals surface area (Å²) < 4.78 is 0. The Labute approximate surface area is 120 Å². The summed E-state index contributed by atoms with van der Waals surface area (Å²) in [6.07, 6.45) is 3.33. The molecule has 1 unspecified atom stereocenters. The molecule has 0 aromatic heterocycles. The van der Waals surface area contributed by atoms with Crippen LogP contribution in [0.1, 0.15) is 18.4 Å². The number of aliphatic hydroxyl groups excluding tert-OH is 1. The molecule has 3 nitrogen and oxygen atoms in total. The maximum atomic E-state index is 9.38. The number of hydrogen-bond acceptors (Lipinski definition) is 3. The van der Waals surface area contributed by atoms with Crippen LogP contribution in [0.5, 0.6) is 0 Å². The molecule has 1 aliphatic heterocycles. The fourth-order valence-electron chi connectivity index (χ4n) is 2.37. The highest BCUT2D eigenvalue weighted by Gasteiger charge is 2.10. The minimum Gasteiger partial charge on any atom is -0.390 e. The molecule has 2 N–H and O–H groups in total. The van der Waals surface area contributed by atoms with Gasteiger partial charge in [-0.05, 0) is 50.0 Å². The van der Waals surface area contributed by atoms with Crippen molar-refractivity contribution in [2.45, 2.75) is 25.4 Å². The maximum Gasteiger partial charge on any atom is 0.0847 e. The molecule has 0 radical (unpaired) electrons. The van der Waals surface area contributed by atoms with Gasteiger partial charge in [-0.15, -0.1) is 11.6 Å². The number of nitrogens with zero attached hydrogens (tertiary/aromatic N) is 1. The highest BCUT2D eigenvalue weighted by Crippen LogP contribution is 2.12. The number of anilines is 1. The van der Waals surface area contributed by atoms with E-state index in [4.69, 9.17) is 11.6 Å². The van der Waals surface area contributed by atoms with Gasteiger partial charge in [-0.3, -0.25) is 0 Å². The van der Waals surface area contributed by atoms with Crippen molar-refractivity contribution >= 4 is 17.3 Å². The Morgan fingerprint density at radius 2 is 1.89 bits per heavy atom. The molecule has 0 bridgehead atoms. The summed E-state index contributed by atoms with van der Waals surface area (Å²) >= 11 is 5.55. The van der Waals surface area contributed by atoms with Gasteiger partial charge in [-0.1, -0.05) is 12.1 Å². The van der Waals surface area contributed by atoms with Gasteiger partial charge in [-0.2, -0.15) is 0 Å². The average Bonchev–Trinajstić information content (AvgIpc) is 2.97. The third kappa shape index (κ3) is 5.01. The number of rotatable bonds is 7. The van der Waals surface area contributed by atoms with Gasteiger partial charge in [0, 0.05) is 18.8 Å². The van der Waals surface area contributed by atoms with Crippen LogP contribution in [0.2, 0.25) is 0 Å². The van der Waals surface area contributed by atoms with Gasteiger partial charge in [0.1, 0.15) is 0 Å². The zero-order valence-electron chi connectivity index (χ0n) is 11.3. The molecule has 4 heteroatoms. The first-order valence-corrected chi connectivity index (χ1v) is 7.60. The molecule has 1 aromatic carbocycles. The van der Waals surface area contributed by atoms with E-state index in [0.717, 1.165) is 18.7 Å². The van der Waals surface area contributed by atoms with Crippen molar-refractivity contribution in [2.75, 3.05) is 37.4 Å². The molecule has 1 atom stereocenters. The molecule has 1 saturated heterocycles. The number of alkyl halides is 1. The van der Waals surface area contributed by atoms with E-state index in [1.165, 1.54) is 31.5 Å². The van der Waals surface area contributed by atoms with Crippen molar-refractivity contribution in [2.24, 2.45) is 0 Å². The second-order valence-corrected chi connectivity index (χ2v) is 5.49. The predicted octanol–water partition coefficient (Wildman–Crippen LogP) is 2.34. The van der Waals surface area contributed by atoms with E-state index in [1.807, 2.05) is 0 Å². The molecular formula is C15H23ClN2O. The first-order valence-electron chi connectivity index (χ1n) is 7.07. The molecule has 1 aliphatic rings. The Bertz CT molecular complexity index is 363. The van der Waals surface area contributed by atoms with Gasteiger partial charge in [0.15, 0.2) is 0 Å². The van der Waals surface area contributed by atoms with E-state index in [-0.39, 0.29) is 5.88 Å². The lowest BCUT2D eigenvalue weighted by molar-refractivity contribution is 0.211. The Morgan fingerprint density at radius 1 is 1.21 bits per heavy atom. The third-order valence-corrected chi connectivity index (χ3v) is 3.95. The summed E-state index contributed by atoms with van der Waals surface area (Å²) in [6.45, 7) is 4.18. The van der Waals surface area contributed by atoms with Gasteiger partial charge >= 0.3 is 0 Å². The molecule has 0 aliphatic carbocycles. The lowest BCUT2D eigenvalue weighted by Gasteiger charge is -2.14. The monoisotopic (exact) mass is 282 g/mol. The first kappa shape index (κ1) is 14.6. The largest absolute Gasteiger partial charge is 0.390 e. The van der Waals surface area contributed by atoms with E-state index in [2.05, 4.69) is 34.5 Å². The van der Waals surface area contributed by atoms with E-state index < -0.39 is 6.10 Å². The van der Waals surface area contributed by atoms with E-state index >= 15 is 0 Å². The second kappa shape index (κ2) is 7.73. The van der Waals surface area contributed by atoms with Gasteiger partial charge in [-0.25, -0.2) is 0 Å². The van der Waals surface area contributed by atoms with Crippen LogP contribution in [0.15, 0.2) is 24.3 Å². The number of halogens is 1. The van der Waals surface area contributed by atoms with Crippen molar-refractivity contribution < 1.29 is 5.11 Å². The zero-order valence-corrected chi connectivity index (χ0v) is 12.1. The third-order valence-electron chi connectivity index (χ3n) is 3.59. The fraction of sp³-hybridized carbons (Fsp3) is 0.600. The molecule has 106 valence electrons. The van der Waals surface area contributed by atoms with Crippen molar-refractivity contribution in [1.82, 2.24) is 4.90 Å². The number of hydrogen-bond donors (Lipinski definition) is 2. The van der Waals surface area contributed by atoms with Crippen LogP contribution in [-0.2, 0) is 6.42 Å². The normalized spacial score (nSPS) is 17.6. The highest BCUT2D eigenvalue weighted by molar-refractivity contribution is 6.18. The molecule has 1 aromatic rings. The number of aliphatic hydroxyl groups is 1. The van der Waals surface area contributed by atoms with Crippen LogP contribution in [0.25, 0.3) is 0 Å². The lowest BCUT2D eigenvalue weighted by Crippen LogP contribution is -2.22. The highest BCUT2D eigenvalue weighted by atomic mass is 35.5. The Kier molecular flexibility index (Phi) is 5.95. The summed E-state index contributed by atoms with van der Waals surface area (Å²) in [6, 6.07) is 8.46. The van der Waals surface area contributed by atoms with Crippen LogP contribution < -0.4 is 5.32 Å². The standard InChI is InChI=1S/C15H23ClN2O/c16-11-15(19)12-17-14-5-3-13(4-6-14)7-10-18-8-1-2-9-18/h3-6,15,17,19H,1-2,7-12H2. The molecule has 0 amide bonds. The Hall–Kier alpha value is -0.770. The molecule has 2 rings (SSSR count). The summed E-state index contributed by atoms with van der Waals surface area (Å²) in [5.74, 6) is 0.265. The second-order valence-electron chi connectivity index (χ2n) is 5.18. The minimum atomic E-state index is -0.489. The summed E-state index contributed by atoms with van der Waals surface area (Å²) in [5.41, 5.74) is 2.41. The zero-order chi connectivity index (χ0) is 13.5. The lowest BCUT2D eigenvalue weighted by atomic mass is 10.1.